The van der Waals surface area contributed by atoms with Crippen LogP contribution in [0.4, 0.5) is 5.95 Å². The number of aryl methyl sites for hydroxylation is 1. The van der Waals surface area contributed by atoms with Crippen molar-refractivity contribution in [1.29, 1.82) is 0 Å². The number of anilines is 1. The van der Waals surface area contributed by atoms with E-state index in [2.05, 4.69) is 10.1 Å². The second-order valence-electron chi connectivity index (χ2n) is 8.85. The lowest BCUT2D eigenvalue weighted by molar-refractivity contribution is 0.473. The summed E-state index contributed by atoms with van der Waals surface area (Å²) in [6.07, 6.45) is 1.84. The minimum atomic E-state index is -4.65. The lowest BCUT2D eigenvalue weighted by Gasteiger charge is -2.22. The molecule has 36 heavy (non-hydrogen) atoms. The fraction of sp³-hybridized carbons (Fsp3) is 0.318. The van der Waals surface area contributed by atoms with Crippen LogP contribution in [0.2, 0.25) is 0 Å². The molecule has 4 rings (SSSR count). The van der Waals surface area contributed by atoms with Crippen LogP contribution >= 0.6 is 0 Å². The van der Waals surface area contributed by atoms with E-state index in [9.17, 15) is 25.9 Å². The fourth-order valence-electron chi connectivity index (χ4n) is 3.95. The summed E-state index contributed by atoms with van der Waals surface area (Å²) in [5.41, 5.74) is 3.74. The zero-order valence-electron chi connectivity index (χ0n) is 19.8. The Bertz CT molecular complexity index is 1580. The average Bonchev–Trinajstić information content (AvgIpc) is 3.32. The number of hydrogen-bond donors (Lipinski definition) is 2. The van der Waals surface area contributed by atoms with Crippen molar-refractivity contribution in [3.63, 3.8) is 0 Å². The highest BCUT2D eigenvalue weighted by atomic mass is 32.2. The van der Waals surface area contributed by atoms with Gasteiger partial charge in [-0.15, -0.1) is 0 Å². The van der Waals surface area contributed by atoms with Gasteiger partial charge in [-0.05, 0) is 18.1 Å². The summed E-state index contributed by atoms with van der Waals surface area (Å²) in [4.78, 5) is 9.99. The zero-order chi connectivity index (χ0) is 26.3. The van der Waals surface area contributed by atoms with Crippen molar-refractivity contribution < 1.29 is 25.9 Å². The molecule has 0 aliphatic heterocycles. The van der Waals surface area contributed by atoms with E-state index in [1.807, 2.05) is 50.4 Å². The Kier molecular flexibility index (Phi) is 6.88. The second kappa shape index (κ2) is 9.61. The predicted octanol–water partition coefficient (Wildman–Crippen LogP) is 2.65. The van der Waals surface area contributed by atoms with Gasteiger partial charge in [-0.3, -0.25) is 18.4 Å². The lowest BCUT2D eigenvalue weighted by Crippen LogP contribution is -2.36. The van der Waals surface area contributed by atoms with Gasteiger partial charge in [0, 0.05) is 30.9 Å². The number of fused-ring (bicyclic) bond motifs is 1. The van der Waals surface area contributed by atoms with Gasteiger partial charge in [-0.1, -0.05) is 44.2 Å². The van der Waals surface area contributed by atoms with Crippen molar-refractivity contribution in [3.05, 3.63) is 48.7 Å². The molecule has 0 spiro atoms. The Labute approximate surface area is 208 Å². The largest absolute Gasteiger partial charge is 0.308 e. The van der Waals surface area contributed by atoms with Crippen molar-refractivity contribution in [2.24, 2.45) is 13.0 Å². The first-order valence-electron chi connectivity index (χ1n) is 10.9. The molecular weight excluding hydrogens is 508 g/mol. The summed E-state index contributed by atoms with van der Waals surface area (Å²) in [5.74, 6) is -2.18. The van der Waals surface area contributed by atoms with E-state index in [1.54, 1.807) is 28.4 Å². The Balaban J connectivity index is 1.91. The third kappa shape index (κ3) is 5.90. The molecule has 1 aromatic carbocycles. The van der Waals surface area contributed by atoms with Gasteiger partial charge in [0.15, 0.2) is 5.65 Å². The molecule has 0 bridgehead atoms. The van der Waals surface area contributed by atoms with Crippen LogP contribution in [0.5, 0.6) is 0 Å². The van der Waals surface area contributed by atoms with Crippen molar-refractivity contribution >= 4 is 37.3 Å². The van der Waals surface area contributed by atoms with Gasteiger partial charge in [-0.2, -0.15) is 21.9 Å². The molecule has 3 heterocycles. The maximum Gasteiger partial charge on any atom is 0.283 e. The first kappa shape index (κ1) is 25.8. The maximum absolute atomic E-state index is 11.6. The van der Waals surface area contributed by atoms with E-state index in [0.717, 1.165) is 21.7 Å². The van der Waals surface area contributed by atoms with Crippen LogP contribution in [-0.4, -0.2) is 62.0 Å². The van der Waals surface area contributed by atoms with Gasteiger partial charge < -0.3 is 4.90 Å². The molecule has 0 atom stereocenters. The Morgan fingerprint density at radius 1 is 0.944 bits per heavy atom. The van der Waals surface area contributed by atoms with Crippen LogP contribution in [0.3, 0.4) is 0 Å². The summed E-state index contributed by atoms with van der Waals surface area (Å²) in [5, 5.41) is 4.58. The van der Waals surface area contributed by atoms with Crippen LogP contribution in [0.25, 0.3) is 33.7 Å². The monoisotopic (exact) mass is 534 g/mol. The maximum atomic E-state index is 11.6. The molecular formula is C22H26N6O6S2. The van der Waals surface area contributed by atoms with Crippen LogP contribution in [-0.2, 0) is 33.8 Å². The smallest absolute Gasteiger partial charge is 0.283 e. The van der Waals surface area contributed by atoms with Gasteiger partial charge in [0.1, 0.15) is 23.0 Å². The van der Waals surface area contributed by atoms with E-state index in [4.69, 9.17) is 4.98 Å². The molecule has 0 saturated heterocycles. The van der Waals surface area contributed by atoms with Crippen LogP contribution in [0, 0.1) is 5.92 Å². The Morgan fingerprint density at radius 3 is 2.17 bits per heavy atom. The number of hydrogen-bond acceptors (Lipinski definition) is 8. The average molecular weight is 535 g/mol. The van der Waals surface area contributed by atoms with Gasteiger partial charge in [0.2, 0.25) is 5.95 Å². The summed E-state index contributed by atoms with van der Waals surface area (Å²) in [6.45, 7) is 4.16. The Hall–Kier alpha value is -3.33. The van der Waals surface area contributed by atoms with Gasteiger partial charge >= 0.3 is 0 Å². The molecule has 12 nitrogen and oxygen atoms in total. The van der Waals surface area contributed by atoms with Crippen LogP contribution in [0.1, 0.15) is 13.8 Å². The Morgan fingerprint density at radius 2 is 1.58 bits per heavy atom. The first-order valence-corrected chi connectivity index (χ1v) is 14.1. The summed E-state index contributed by atoms with van der Waals surface area (Å²) >= 11 is 0. The van der Waals surface area contributed by atoms with Crippen molar-refractivity contribution in [3.8, 4) is 22.5 Å². The van der Waals surface area contributed by atoms with E-state index < -0.39 is 32.0 Å². The zero-order valence-corrected chi connectivity index (χ0v) is 21.5. The van der Waals surface area contributed by atoms with Gasteiger partial charge in [0.05, 0.1) is 5.69 Å². The minimum Gasteiger partial charge on any atom is -0.308 e. The highest BCUT2D eigenvalue weighted by Crippen LogP contribution is 2.32. The number of imidazole rings is 1. The molecule has 4 aromatic rings. The topological polar surface area (TPSA) is 161 Å². The number of benzene rings is 1. The fourth-order valence-corrected chi connectivity index (χ4v) is 5.26. The lowest BCUT2D eigenvalue weighted by atomic mass is 10.1. The van der Waals surface area contributed by atoms with Crippen molar-refractivity contribution in [1.82, 2.24) is 24.3 Å². The minimum absolute atomic E-state index is 0.0446. The summed E-state index contributed by atoms with van der Waals surface area (Å²) in [6, 6.07) is 13.0. The highest BCUT2D eigenvalue weighted by molar-refractivity contribution is 7.86. The first-order chi connectivity index (χ1) is 16.8. The molecule has 192 valence electrons. The predicted molar refractivity (Wildman–Crippen MR) is 135 cm³/mol. The summed E-state index contributed by atoms with van der Waals surface area (Å²) in [7, 11) is -7.49. The quantitative estimate of drug-likeness (QED) is 0.305. The molecule has 2 N–H and O–H groups in total. The SMILES string of the molecule is CC(C)Cn1c(N(CS(=O)(=O)O)CS(=O)(=O)O)nc2ccc(-c3cn(C)nc3-c3ccccc3)nc21. The van der Waals surface area contributed by atoms with E-state index >= 15 is 0 Å². The van der Waals surface area contributed by atoms with Gasteiger partial charge in [0.25, 0.3) is 20.2 Å². The summed E-state index contributed by atoms with van der Waals surface area (Å²) < 4.78 is 68.7. The molecule has 0 saturated carbocycles. The number of pyridine rings is 1. The normalized spacial score (nSPS) is 12.5. The number of aromatic nitrogens is 5. The molecule has 0 amide bonds. The third-order valence-corrected chi connectivity index (χ3v) is 6.47. The number of nitrogens with zero attached hydrogens (tertiary/aromatic N) is 6. The number of rotatable bonds is 9. The van der Waals surface area contributed by atoms with E-state index in [1.165, 1.54) is 0 Å². The molecule has 0 aliphatic rings. The van der Waals surface area contributed by atoms with Crippen LogP contribution < -0.4 is 4.90 Å². The molecule has 0 radical (unpaired) electrons. The highest BCUT2D eigenvalue weighted by Gasteiger charge is 2.27. The molecule has 0 unspecified atom stereocenters. The van der Waals surface area contributed by atoms with E-state index in [-0.39, 0.29) is 11.9 Å². The van der Waals surface area contributed by atoms with Crippen molar-refractivity contribution in [2.45, 2.75) is 20.4 Å². The molecule has 0 fully saturated rings. The molecule has 0 aliphatic carbocycles. The third-order valence-electron chi connectivity index (χ3n) is 5.19. The molecule has 3 aromatic heterocycles. The van der Waals surface area contributed by atoms with Crippen LogP contribution in [0.15, 0.2) is 48.7 Å². The van der Waals surface area contributed by atoms with Crippen molar-refractivity contribution in [2.75, 3.05) is 16.7 Å². The second-order valence-corrected chi connectivity index (χ2v) is 11.7. The van der Waals surface area contributed by atoms with Gasteiger partial charge in [-0.25, -0.2) is 9.97 Å². The standard InChI is InChI=1S/C22H26N6O6S2/c1-15(2)11-28-21-19(24-22(28)27(13-35(29,30)31)14-36(32,33)34)10-9-18(23-21)17-12-26(3)25-20(17)16-7-5-4-6-8-16/h4-10,12,15H,11,13-14H2,1-3H3,(H,29,30,31)(H,32,33,34). The molecule has 14 heteroatoms. The van der Waals surface area contributed by atoms with E-state index in [0.29, 0.717) is 23.4 Å².